The number of hydrogen-bond acceptors (Lipinski definition) is 4. The van der Waals surface area contributed by atoms with Gasteiger partial charge in [0.25, 0.3) is 5.56 Å². The van der Waals surface area contributed by atoms with Crippen molar-refractivity contribution < 1.29 is 17.6 Å². The van der Waals surface area contributed by atoms with E-state index in [1.807, 2.05) is 0 Å². The Balaban J connectivity index is 1.80. The lowest BCUT2D eigenvalue weighted by atomic mass is 9.98. The first-order chi connectivity index (χ1) is 14.6. The van der Waals surface area contributed by atoms with Gasteiger partial charge in [0, 0.05) is 17.4 Å². The van der Waals surface area contributed by atoms with Gasteiger partial charge in [0.2, 0.25) is 0 Å². The molecule has 0 atom stereocenters. The van der Waals surface area contributed by atoms with Crippen molar-refractivity contribution in [3.8, 4) is 11.1 Å². The molecule has 0 radical (unpaired) electrons. The maximum Gasteiger partial charge on any atom is 0.416 e. The summed E-state index contributed by atoms with van der Waals surface area (Å²) in [4.78, 5) is 12.0. The van der Waals surface area contributed by atoms with Gasteiger partial charge in [-0.25, -0.2) is 9.49 Å². The quantitative estimate of drug-likeness (QED) is 0.331. The Morgan fingerprint density at radius 3 is 2.39 bits per heavy atom. The van der Waals surface area contributed by atoms with Crippen LogP contribution in [0.2, 0.25) is 0 Å². The lowest BCUT2D eigenvalue weighted by Crippen LogP contribution is -2.13. The van der Waals surface area contributed by atoms with E-state index in [-0.39, 0.29) is 28.5 Å². The minimum absolute atomic E-state index is 0.0757. The molecule has 0 fully saturated rings. The predicted molar refractivity (Wildman–Crippen MR) is 111 cm³/mol. The van der Waals surface area contributed by atoms with E-state index in [1.165, 1.54) is 12.1 Å². The highest BCUT2D eigenvalue weighted by molar-refractivity contribution is 5.84. The molecule has 0 spiro atoms. The molecular formula is C22H16F4N4O. The van der Waals surface area contributed by atoms with Gasteiger partial charge in [-0.15, -0.1) is 0 Å². The van der Waals surface area contributed by atoms with E-state index >= 15 is 0 Å². The molecule has 0 aliphatic carbocycles. The van der Waals surface area contributed by atoms with Gasteiger partial charge in [0.1, 0.15) is 5.82 Å². The molecule has 158 valence electrons. The van der Waals surface area contributed by atoms with Crippen LogP contribution in [0.1, 0.15) is 16.8 Å². The fraction of sp³-hybridized carbons (Fsp3) is 0.0909. The number of fused-ring (bicyclic) bond motifs is 1. The molecule has 4 aromatic rings. The van der Waals surface area contributed by atoms with Crippen LogP contribution in [0.25, 0.3) is 21.9 Å². The number of benzene rings is 3. The van der Waals surface area contributed by atoms with Gasteiger partial charge in [-0.05, 0) is 53.6 Å². The van der Waals surface area contributed by atoms with Gasteiger partial charge in [0.15, 0.2) is 0 Å². The van der Waals surface area contributed by atoms with Crippen molar-refractivity contribution in [2.45, 2.75) is 12.6 Å². The zero-order valence-electron chi connectivity index (χ0n) is 15.9. The number of halogens is 4. The Morgan fingerprint density at radius 1 is 0.903 bits per heavy atom. The van der Waals surface area contributed by atoms with Crippen molar-refractivity contribution in [1.82, 2.24) is 10.2 Å². The number of alkyl halides is 3. The number of anilines is 2. The third-order valence-corrected chi connectivity index (χ3v) is 4.99. The average Bonchev–Trinajstić information content (AvgIpc) is 2.72. The van der Waals surface area contributed by atoms with Gasteiger partial charge >= 0.3 is 6.18 Å². The number of H-pyrrole nitrogens is 1. The van der Waals surface area contributed by atoms with Gasteiger partial charge in [-0.3, -0.25) is 4.79 Å². The largest absolute Gasteiger partial charge is 0.416 e. The van der Waals surface area contributed by atoms with E-state index in [0.717, 1.165) is 18.2 Å². The monoisotopic (exact) mass is 428 g/mol. The topological polar surface area (TPSA) is 97.8 Å². The molecule has 1 heterocycles. The van der Waals surface area contributed by atoms with Gasteiger partial charge in [0.05, 0.1) is 28.0 Å². The van der Waals surface area contributed by atoms with Crippen molar-refractivity contribution >= 4 is 22.1 Å². The summed E-state index contributed by atoms with van der Waals surface area (Å²) in [5, 5.41) is 6.42. The SMILES string of the molecule is Nc1ccc(-c2cc(Cc3n[nH]c(=O)c4ccc(C(F)(F)F)cc34)ccc2F)cc1N. The number of nitrogens with zero attached hydrogens (tertiary/aromatic N) is 1. The zero-order chi connectivity index (χ0) is 22.3. The summed E-state index contributed by atoms with van der Waals surface area (Å²) in [6.45, 7) is 0. The van der Waals surface area contributed by atoms with Gasteiger partial charge in [-0.2, -0.15) is 18.3 Å². The standard InChI is InChI=1S/C22H16F4N4O/c23-17-5-1-11(7-15(17)12-2-6-18(27)19(28)9-12)8-20-16-10-13(22(24,25)26)3-4-14(16)21(31)30-29-20/h1-7,9-10H,8,27-28H2,(H,30,31). The summed E-state index contributed by atoms with van der Waals surface area (Å²) in [5.41, 5.74) is 12.3. The summed E-state index contributed by atoms with van der Waals surface area (Å²) >= 11 is 0. The first kappa shape index (κ1) is 20.4. The van der Waals surface area contributed by atoms with Gasteiger partial charge < -0.3 is 11.5 Å². The van der Waals surface area contributed by atoms with Crippen molar-refractivity contribution in [2.24, 2.45) is 0 Å². The molecule has 31 heavy (non-hydrogen) atoms. The third-order valence-electron chi connectivity index (χ3n) is 4.99. The van der Waals surface area contributed by atoms with Crippen molar-refractivity contribution in [3.05, 3.63) is 87.6 Å². The summed E-state index contributed by atoms with van der Waals surface area (Å²) < 4.78 is 53.9. The second-order valence-electron chi connectivity index (χ2n) is 7.09. The van der Waals surface area contributed by atoms with Crippen molar-refractivity contribution in [2.75, 3.05) is 11.5 Å². The predicted octanol–water partition coefficient (Wildman–Crippen LogP) is 4.50. The van der Waals surface area contributed by atoms with E-state index in [9.17, 15) is 22.4 Å². The number of hydrogen-bond donors (Lipinski definition) is 3. The molecule has 0 aliphatic rings. The highest BCUT2D eigenvalue weighted by atomic mass is 19.4. The summed E-state index contributed by atoms with van der Waals surface area (Å²) in [7, 11) is 0. The third kappa shape index (κ3) is 3.94. The number of nitrogen functional groups attached to an aromatic ring is 2. The second kappa shape index (κ2) is 7.42. The zero-order valence-corrected chi connectivity index (χ0v) is 15.9. The van der Waals surface area contributed by atoms with E-state index in [0.29, 0.717) is 22.5 Å². The smallest absolute Gasteiger partial charge is 0.397 e. The number of aromatic nitrogens is 2. The highest BCUT2D eigenvalue weighted by Gasteiger charge is 2.31. The first-order valence-corrected chi connectivity index (χ1v) is 9.16. The van der Waals surface area contributed by atoms with E-state index < -0.39 is 23.1 Å². The Hall–Kier alpha value is -3.88. The molecule has 4 rings (SSSR count). The molecule has 5 nitrogen and oxygen atoms in total. The Labute approximate surface area is 173 Å². The van der Waals surface area contributed by atoms with Crippen LogP contribution >= 0.6 is 0 Å². The second-order valence-corrected chi connectivity index (χ2v) is 7.09. The number of nitrogens with two attached hydrogens (primary N) is 2. The molecule has 0 amide bonds. The molecule has 0 bridgehead atoms. The Bertz CT molecular complexity index is 1360. The van der Waals surface area contributed by atoms with Crippen LogP contribution in [-0.2, 0) is 12.6 Å². The first-order valence-electron chi connectivity index (χ1n) is 9.16. The maximum absolute atomic E-state index is 14.5. The van der Waals surface area contributed by atoms with E-state index in [4.69, 9.17) is 11.5 Å². The minimum Gasteiger partial charge on any atom is -0.397 e. The van der Waals surface area contributed by atoms with E-state index in [1.54, 1.807) is 24.3 Å². The average molecular weight is 428 g/mol. The molecular weight excluding hydrogens is 412 g/mol. The number of aromatic amines is 1. The number of rotatable bonds is 3. The molecule has 1 aromatic heterocycles. The summed E-state index contributed by atoms with van der Waals surface area (Å²) in [6, 6.07) is 11.9. The summed E-state index contributed by atoms with van der Waals surface area (Å²) in [5.74, 6) is -0.494. The maximum atomic E-state index is 14.5. The number of nitrogens with one attached hydrogen (secondary N) is 1. The van der Waals surface area contributed by atoms with Crippen LogP contribution in [0.5, 0.6) is 0 Å². The van der Waals surface area contributed by atoms with Crippen LogP contribution in [0.15, 0.2) is 59.4 Å². The Kier molecular flexibility index (Phi) is 4.88. The van der Waals surface area contributed by atoms with Crippen LogP contribution in [0.3, 0.4) is 0 Å². The van der Waals surface area contributed by atoms with Crippen LogP contribution < -0.4 is 17.0 Å². The Morgan fingerprint density at radius 2 is 1.68 bits per heavy atom. The molecule has 5 N–H and O–H groups in total. The molecule has 0 unspecified atom stereocenters. The minimum atomic E-state index is -4.56. The van der Waals surface area contributed by atoms with Crippen LogP contribution in [-0.4, -0.2) is 10.2 Å². The van der Waals surface area contributed by atoms with Crippen LogP contribution in [0.4, 0.5) is 28.9 Å². The molecule has 0 saturated heterocycles. The lowest BCUT2D eigenvalue weighted by Gasteiger charge is -2.11. The van der Waals surface area contributed by atoms with E-state index in [2.05, 4.69) is 10.2 Å². The molecule has 3 aromatic carbocycles. The lowest BCUT2D eigenvalue weighted by molar-refractivity contribution is -0.137. The van der Waals surface area contributed by atoms with Crippen molar-refractivity contribution in [1.29, 1.82) is 0 Å². The summed E-state index contributed by atoms with van der Waals surface area (Å²) in [6.07, 6.45) is -4.49. The fourth-order valence-electron chi connectivity index (χ4n) is 3.37. The van der Waals surface area contributed by atoms with Crippen molar-refractivity contribution in [3.63, 3.8) is 0 Å². The normalized spacial score (nSPS) is 11.7. The fourth-order valence-corrected chi connectivity index (χ4v) is 3.37. The molecule has 0 saturated carbocycles. The molecule has 9 heteroatoms. The highest BCUT2D eigenvalue weighted by Crippen LogP contribution is 2.32. The van der Waals surface area contributed by atoms with Crippen LogP contribution in [0, 0.1) is 5.82 Å². The molecule has 0 aliphatic heterocycles. The van der Waals surface area contributed by atoms with Gasteiger partial charge in [-0.1, -0.05) is 12.1 Å².